The monoisotopic (exact) mass is 420 g/mol. The topological polar surface area (TPSA) is 41.9 Å². The van der Waals surface area contributed by atoms with Crippen LogP contribution in [-0.2, 0) is 13.1 Å². The molecule has 0 unspecified atom stereocenters. The smallest absolute Gasteiger partial charge is 0.254 e. The summed E-state index contributed by atoms with van der Waals surface area (Å²) in [5, 5.41) is 0. The average Bonchev–Trinajstić information content (AvgIpc) is 3.26. The number of benzene rings is 3. The molecule has 0 radical (unpaired) electrons. The van der Waals surface area contributed by atoms with Gasteiger partial charge in [0, 0.05) is 36.5 Å². The van der Waals surface area contributed by atoms with Gasteiger partial charge in [0.2, 0.25) is 0 Å². The fourth-order valence-electron chi connectivity index (χ4n) is 3.76. The molecule has 31 heavy (non-hydrogen) atoms. The Balaban J connectivity index is 1.60. The van der Waals surface area contributed by atoms with Crippen LogP contribution in [0.5, 0.6) is 5.75 Å². The number of hydrogen-bond acceptors (Lipinski definition) is 3. The molecule has 0 aliphatic carbocycles. The molecule has 3 aromatic rings. The van der Waals surface area contributed by atoms with Crippen molar-refractivity contribution in [2.45, 2.75) is 20.0 Å². The summed E-state index contributed by atoms with van der Waals surface area (Å²) < 4.78 is 33.4. The zero-order valence-corrected chi connectivity index (χ0v) is 17.4. The van der Waals surface area contributed by atoms with E-state index in [1.54, 1.807) is 48.3 Å². The van der Waals surface area contributed by atoms with Crippen LogP contribution in [0.2, 0.25) is 0 Å². The lowest BCUT2D eigenvalue weighted by Gasteiger charge is -2.20. The molecule has 0 bridgehead atoms. The Morgan fingerprint density at radius 3 is 2.74 bits per heavy atom. The highest BCUT2D eigenvalue weighted by Gasteiger charge is 2.20. The van der Waals surface area contributed by atoms with Crippen molar-refractivity contribution in [2.24, 2.45) is 4.99 Å². The highest BCUT2D eigenvalue weighted by atomic mass is 19.1. The average molecular weight is 420 g/mol. The molecule has 0 aromatic heterocycles. The Morgan fingerprint density at radius 2 is 1.97 bits per heavy atom. The van der Waals surface area contributed by atoms with E-state index in [0.29, 0.717) is 47.7 Å². The van der Waals surface area contributed by atoms with Crippen molar-refractivity contribution in [3.8, 4) is 16.9 Å². The van der Waals surface area contributed by atoms with Gasteiger partial charge in [-0.25, -0.2) is 8.78 Å². The molecule has 1 heterocycles. The molecule has 0 atom stereocenters. The number of carbonyl (C=O) groups is 1. The number of fused-ring (bicyclic) bond motifs is 1. The van der Waals surface area contributed by atoms with Gasteiger partial charge in [-0.2, -0.15) is 0 Å². The number of aliphatic imine (C=N–C) groups is 1. The summed E-state index contributed by atoms with van der Waals surface area (Å²) in [7, 11) is 1.70. The molecule has 0 spiro atoms. The molecule has 0 saturated heterocycles. The summed E-state index contributed by atoms with van der Waals surface area (Å²) >= 11 is 0. The zero-order chi connectivity index (χ0) is 22.0. The minimum atomic E-state index is -0.337. The number of nitrogens with zero attached hydrogens (tertiary/aromatic N) is 2. The van der Waals surface area contributed by atoms with Crippen LogP contribution in [-0.4, -0.2) is 30.7 Å². The van der Waals surface area contributed by atoms with E-state index in [1.807, 2.05) is 6.92 Å². The van der Waals surface area contributed by atoms with Crippen molar-refractivity contribution in [3.63, 3.8) is 0 Å². The van der Waals surface area contributed by atoms with Crippen molar-refractivity contribution in [3.05, 3.63) is 88.5 Å². The number of rotatable bonds is 6. The second-order valence-corrected chi connectivity index (χ2v) is 7.38. The third-order valence-corrected chi connectivity index (χ3v) is 5.29. The van der Waals surface area contributed by atoms with E-state index in [2.05, 4.69) is 4.99 Å². The van der Waals surface area contributed by atoms with Gasteiger partial charge in [0.1, 0.15) is 17.4 Å². The van der Waals surface area contributed by atoms with Crippen molar-refractivity contribution in [1.29, 1.82) is 0 Å². The number of ether oxygens (including phenoxy) is 1. The van der Waals surface area contributed by atoms with Crippen molar-refractivity contribution in [1.82, 2.24) is 4.90 Å². The van der Waals surface area contributed by atoms with Gasteiger partial charge in [-0.1, -0.05) is 18.2 Å². The summed E-state index contributed by atoms with van der Waals surface area (Å²) in [5.74, 6) is -0.314. The van der Waals surface area contributed by atoms with Crippen LogP contribution < -0.4 is 4.74 Å². The SMILES string of the molecule is CCOc1cc(C(=O)N(C)Cc2ccc(F)c3c2CN=C3)ccc1-c1cccc(F)c1. The predicted octanol–water partition coefficient (Wildman–Crippen LogP) is 5.24. The molecule has 4 rings (SSSR count). The highest BCUT2D eigenvalue weighted by Crippen LogP contribution is 2.32. The van der Waals surface area contributed by atoms with Crippen LogP contribution in [0.4, 0.5) is 8.78 Å². The van der Waals surface area contributed by atoms with E-state index >= 15 is 0 Å². The van der Waals surface area contributed by atoms with Gasteiger partial charge in [-0.05, 0) is 60.0 Å². The Labute approximate surface area is 179 Å². The standard InChI is InChI=1S/C25H22F2N2O2/c1-3-31-24-12-17(7-9-20(24)16-5-4-6-19(26)11-16)25(30)29(2)15-18-8-10-23(27)22-14-28-13-21(18)22/h4-12,14H,3,13,15H2,1-2H3. The van der Waals surface area contributed by atoms with Crippen molar-refractivity contribution >= 4 is 12.1 Å². The molecule has 1 aliphatic rings. The third kappa shape index (κ3) is 4.19. The second kappa shape index (κ2) is 8.68. The Bertz CT molecular complexity index is 1170. The first kappa shape index (κ1) is 20.7. The molecular formula is C25H22F2N2O2. The molecule has 4 nitrogen and oxygen atoms in total. The van der Waals surface area contributed by atoms with Gasteiger partial charge >= 0.3 is 0 Å². The lowest BCUT2D eigenvalue weighted by atomic mass is 10.0. The molecule has 158 valence electrons. The van der Waals surface area contributed by atoms with Crippen LogP contribution in [0, 0.1) is 11.6 Å². The lowest BCUT2D eigenvalue weighted by molar-refractivity contribution is 0.0784. The molecule has 6 heteroatoms. The Hall–Kier alpha value is -3.54. The van der Waals surface area contributed by atoms with Gasteiger partial charge in [-0.3, -0.25) is 9.79 Å². The summed E-state index contributed by atoms with van der Waals surface area (Å²) in [6.07, 6.45) is 1.54. The fourth-order valence-corrected chi connectivity index (χ4v) is 3.76. The van der Waals surface area contributed by atoms with Crippen LogP contribution in [0.15, 0.2) is 59.6 Å². The van der Waals surface area contributed by atoms with Crippen LogP contribution in [0.1, 0.15) is 34.0 Å². The minimum absolute atomic E-state index is 0.191. The van der Waals surface area contributed by atoms with Crippen LogP contribution in [0.25, 0.3) is 11.1 Å². The van der Waals surface area contributed by atoms with E-state index < -0.39 is 0 Å². The second-order valence-electron chi connectivity index (χ2n) is 7.38. The Kier molecular flexibility index (Phi) is 5.80. The summed E-state index contributed by atoms with van der Waals surface area (Å²) in [4.78, 5) is 18.8. The first-order chi connectivity index (χ1) is 15.0. The normalized spacial score (nSPS) is 12.0. The summed E-state index contributed by atoms with van der Waals surface area (Å²) in [6.45, 7) is 3.02. The molecular weight excluding hydrogens is 398 g/mol. The highest BCUT2D eigenvalue weighted by molar-refractivity contribution is 5.95. The molecule has 0 N–H and O–H groups in total. The first-order valence-corrected chi connectivity index (χ1v) is 10.1. The van der Waals surface area contributed by atoms with Crippen molar-refractivity contribution in [2.75, 3.05) is 13.7 Å². The van der Waals surface area contributed by atoms with E-state index in [1.165, 1.54) is 24.4 Å². The van der Waals surface area contributed by atoms with E-state index in [4.69, 9.17) is 4.74 Å². The molecule has 0 fully saturated rings. The molecule has 3 aromatic carbocycles. The lowest BCUT2D eigenvalue weighted by Crippen LogP contribution is -2.27. The van der Waals surface area contributed by atoms with Gasteiger partial charge in [0.15, 0.2) is 0 Å². The van der Waals surface area contributed by atoms with Crippen LogP contribution >= 0.6 is 0 Å². The maximum atomic E-state index is 13.9. The maximum Gasteiger partial charge on any atom is 0.254 e. The van der Waals surface area contributed by atoms with Gasteiger partial charge in [0.25, 0.3) is 5.91 Å². The first-order valence-electron chi connectivity index (χ1n) is 10.1. The molecule has 1 aliphatic heterocycles. The van der Waals surface area contributed by atoms with Crippen molar-refractivity contribution < 1.29 is 18.3 Å². The van der Waals surface area contributed by atoms with E-state index in [9.17, 15) is 13.6 Å². The predicted molar refractivity (Wildman–Crippen MR) is 117 cm³/mol. The summed E-state index contributed by atoms with van der Waals surface area (Å²) in [5.41, 5.74) is 4.03. The minimum Gasteiger partial charge on any atom is -0.493 e. The Morgan fingerprint density at radius 1 is 1.13 bits per heavy atom. The number of carbonyl (C=O) groups excluding carboxylic acids is 1. The largest absolute Gasteiger partial charge is 0.493 e. The number of halogens is 2. The quantitative estimate of drug-likeness (QED) is 0.548. The number of hydrogen-bond donors (Lipinski definition) is 0. The van der Waals surface area contributed by atoms with Gasteiger partial charge in [0.05, 0.1) is 13.2 Å². The zero-order valence-electron chi connectivity index (χ0n) is 17.4. The molecule has 0 saturated carbocycles. The van der Waals surface area contributed by atoms with Gasteiger partial charge in [-0.15, -0.1) is 0 Å². The fraction of sp³-hybridized carbons (Fsp3) is 0.200. The summed E-state index contributed by atoms with van der Waals surface area (Å²) in [6, 6.07) is 14.5. The van der Waals surface area contributed by atoms with Crippen LogP contribution in [0.3, 0.4) is 0 Å². The third-order valence-electron chi connectivity index (χ3n) is 5.29. The van der Waals surface area contributed by atoms with Gasteiger partial charge < -0.3 is 9.64 Å². The number of amides is 1. The van der Waals surface area contributed by atoms with E-state index in [0.717, 1.165) is 11.1 Å². The maximum absolute atomic E-state index is 13.9. The molecule has 1 amide bonds. The van der Waals surface area contributed by atoms with E-state index in [-0.39, 0.29) is 17.5 Å².